The minimum atomic E-state index is 0.442. The second-order valence-corrected chi connectivity index (χ2v) is 4.32. The second-order valence-electron chi connectivity index (χ2n) is 3.20. The fraction of sp³-hybridized carbons (Fsp3) is 0.182. The zero-order valence-corrected chi connectivity index (χ0v) is 10.4. The molecule has 1 aromatic carbocycles. The highest BCUT2D eigenvalue weighted by Gasteiger charge is 2.03. The minimum absolute atomic E-state index is 0.442. The first-order valence-corrected chi connectivity index (χ1v) is 5.93. The molecule has 0 saturated heterocycles. The molecule has 0 aliphatic carbocycles. The van der Waals surface area contributed by atoms with Gasteiger partial charge in [-0.15, -0.1) is 11.6 Å². The highest BCUT2D eigenvalue weighted by atomic mass is 79.9. The number of imidazole rings is 1. The van der Waals surface area contributed by atoms with Gasteiger partial charge < -0.3 is 4.57 Å². The number of hydrogen-bond donors (Lipinski definition) is 0. The maximum absolute atomic E-state index is 5.78. The van der Waals surface area contributed by atoms with Gasteiger partial charge >= 0.3 is 0 Å². The molecule has 0 unspecified atom stereocenters. The fourth-order valence-electron chi connectivity index (χ4n) is 1.43. The van der Waals surface area contributed by atoms with Crippen LogP contribution in [-0.4, -0.2) is 9.55 Å². The van der Waals surface area contributed by atoms with E-state index in [1.807, 2.05) is 29.0 Å². The highest BCUT2D eigenvalue weighted by Crippen LogP contribution is 2.17. The highest BCUT2D eigenvalue weighted by molar-refractivity contribution is 9.10. The molecule has 0 radical (unpaired) electrons. The molecular weight excluding hydrogens is 275 g/mol. The molecule has 2 rings (SSSR count). The van der Waals surface area contributed by atoms with Gasteiger partial charge in [0.1, 0.15) is 5.82 Å². The van der Waals surface area contributed by atoms with Crippen molar-refractivity contribution in [3.63, 3.8) is 0 Å². The normalized spacial score (nSPS) is 10.5. The van der Waals surface area contributed by atoms with E-state index in [4.69, 9.17) is 11.6 Å². The molecule has 0 bridgehead atoms. The van der Waals surface area contributed by atoms with Gasteiger partial charge in [0.05, 0.1) is 5.88 Å². The molecule has 0 amide bonds. The van der Waals surface area contributed by atoms with Crippen LogP contribution in [0.1, 0.15) is 11.4 Å². The maximum Gasteiger partial charge on any atom is 0.123 e. The van der Waals surface area contributed by atoms with Crippen LogP contribution < -0.4 is 0 Å². The van der Waals surface area contributed by atoms with Crippen LogP contribution in [0.5, 0.6) is 0 Å². The SMILES string of the molecule is ClCc1nccn1Cc1ccccc1Br. The number of aromatic nitrogens is 2. The number of benzene rings is 1. The summed E-state index contributed by atoms with van der Waals surface area (Å²) in [6.45, 7) is 0.795. The van der Waals surface area contributed by atoms with Crippen LogP contribution in [0.3, 0.4) is 0 Å². The molecule has 0 atom stereocenters. The summed E-state index contributed by atoms with van der Waals surface area (Å²) in [5, 5.41) is 0. The van der Waals surface area contributed by atoms with Gasteiger partial charge in [0.2, 0.25) is 0 Å². The lowest BCUT2D eigenvalue weighted by Crippen LogP contribution is -2.03. The van der Waals surface area contributed by atoms with E-state index in [1.165, 1.54) is 5.56 Å². The van der Waals surface area contributed by atoms with E-state index in [1.54, 1.807) is 6.20 Å². The van der Waals surface area contributed by atoms with Crippen molar-refractivity contribution in [2.75, 3.05) is 0 Å². The third-order valence-electron chi connectivity index (χ3n) is 2.22. The molecule has 0 spiro atoms. The van der Waals surface area contributed by atoms with Gasteiger partial charge in [-0.25, -0.2) is 4.98 Å². The van der Waals surface area contributed by atoms with Crippen molar-refractivity contribution in [1.29, 1.82) is 0 Å². The quantitative estimate of drug-likeness (QED) is 0.790. The first kappa shape index (κ1) is 10.7. The number of rotatable bonds is 3. The van der Waals surface area contributed by atoms with Crippen LogP contribution >= 0.6 is 27.5 Å². The average molecular weight is 286 g/mol. The van der Waals surface area contributed by atoms with Gasteiger partial charge in [-0.1, -0.05) is 34.1 Å². The number of nitrogens with zero attached hydrogens (tertiary/aromatic N) is 2. The van der Waals surface area contributed by atoms with E-state index in [0.29, 0.717) is 5.88 Å². The van der Waals surface area contributed by atoms with Gasteiger partial charge in [0.15, 0.2) is 0 Å². The molecular formula is C11H10BrClN2. The third kappa shape index (κ3) is 2.41. The van der Waals surface area contributed by atoms with Crippen LogP contribution in [0.2, 0.25) is 0 Å². The first-order valence-electron chi connectivity index (χ1n) is 4.60. The lowest BCUT2D eigenvalue weighted by atomic mass is 10.2. The van der Waals surface area contributed by atoms with Crippen molar-refractivity contribution >= 4 is 27.5 Å². The summed E-state index contributed by atoms with van der Waals surface area (Å²) in [6.07, 6.45) is 3.71. The summed E-state index contributed by atoms with van der Waals surface area (Å²) in [5.41, 5.74) is 1.22. The molecule has 0 fully saturated rings. The van der Waals surface area contributed by atoms with Crippen LogP contribution in [0.15, 0.2) is 41.1 Å². The van der Waals surface area contributed by atoms with Crippen LogP contribution in [-0.2, 0) is 12.4 Å². The Morgan fingerprint density at radius 3 is 2.87 bits per heavy atom. The Kier molecular flexibility index (Phi) is 3.44. The predicted octanol–water partition coefficient (Wildman–Crippen LogP) is 3.43. The molecule has 0 N–H and O–H groups in total. The fourth-order valence-corrected chi connectivity index (χ4v) is 2.06. The Hall–Kier alpha value is -0.800. The molecule has 4 heteroatoms. The van der Waals surface area contributed by atoms with E-state index in [2.05, 4.69) is 27.0 Å². The van der Waals surface area contributed by atoms with Crippen LogP contribution in [0.4, 0.5) is 0 Å². The summed E-state index contributed by atoms with van der Waals surface area (Å²) in [7, 11) is 0. The number of alkyl halides is 1. The van der Waals surface area contributed by atoms with Crippen molar-refractivity contribution in [2.45, 2.75) is 12.4 Å². The third-order valence-corrected chi connectivity index (χ3v) is 3.23. The molecule has 1 aromatic heterocycles. The van der Waals surface area contributed by atoms with E-state index in [0.717, 1.165) is 16.8 Å². The van der Waals surface area contributed by atoms with Crippen molar-refractivity contribution < 1.29 is 0 Å². The standard InChI is InChI=1S/C11H10BrClN2/c12-10-4-2-1-3-9(10)8-15-6-5-14-11(15)7-13/h1-6H,7-8H2. The molecule has 1 heterocycles. The van der Waals surface area contributed by atoms with Crippen LogP contribution in [0, 0.1) is 0 Å². The Bertz CT molecular complexity index is 453. The van der Waals surface area contributed by atoms with Gasteiger partial charge in [-0.3, -0.25) is 0 Å². The van der Waals surface area contributed by atoms with Crippen molar-refractivity contribution in [3.05, 3.63) is 52.5 Å². The van der Waals surface area contributed by atoms with Gasteiger partial charge in [-0.2, -0.15) is 0 Å². The lowest BCUT2D eigenvalue weighted by molar-refractivity contribution is 0.752. The Labute approximate surface area is 102 Å². The Balaban J connectivity index is 2.26. The molecule has 0 saturated carbocycles. The lowest BCUT2D eigenvalue weighted by Gasteiger charge is -2.07. The molecule has 2 nitrogen and oxygen atoms in total. The molecule has 2 aromatic rings. The molecule has 0 aliphatic rings. The van der Waals surface area contributed by atoms with E-state index < -0.39 is 0 Å². The molecule has 15 heavy (non-hydrogen) atoms. The maximum atomic E-state index is 5.78. The minimum Gasteiger partial charge on any atom is -0.329 e. The van der Waals surface area contributed by atoms with E-state index in [9.17, 15) is 0 Å². The molecule has 0 aliphatic heterocycles. The van der Waals surface area contributed by atoms with Crippen molar-refractivity contribution in [2.24, 2.45) is 0 Å². The molecule has 78 valence electrons. The van der Waals surface area contributed by atoms with Crippen LogP contribution in [0.25, 0.3) is 0 Å². The van der Waals surface area contributed by atoms with Gasteiger partial charge in [-0.05, 0) is 11.6 Å². The number of halogens is 2. The van der Waals surface area contributed by atoms with Gasteiger partial charge in [0.25, 0.3) is 0 Å². The summed E-state index contributed by atoms with van der Waals surface area (Å²) in [6, 6.07) is 8.15. The van der Waals surface area contributed by atoms with Crippen molar-refractivity contribution in [1.82, 2.24) is 9.55 Å². The Morgan fingerprint density at radius 2 is 2.13 bits per heavy atom. The first-order chi connectivity index (χ1) is 7.31. The monoisotopic (exact) mass is 284 g/mol. The van der Waals surface area contributed by atoms with Crippen molar-refractivity contribution in [3.8, 4) is 0 Å². The summed E-state index contributed by atoms with van der Waals surface area (Å²) in [5.74, 6) is 1.34. The zero-order valence-electron chi connectivity index (χ0n) is 8.03. The van der Waals surface area contributed by atoms with Gasteiger partial charge in [0, 0.05) is 23.4 Å². The van der Waals surface area contributed by atoms with E-state index in [-0.39, 0.29) is 0 Å². The summed E-state index contributed by atoms with van der Waals surface area (Å²) < 4.78 is 3.16. The predicted molar refractivity (Wildman–Crippen MR) is 65.0 cm³/mol. The Morgan fingerprint density at radius 1 is 1.33 bits per heavy atom. The topological polar surface area (TPSA) is 17.8 Å². The summed E-state index contributed by atoms with van der Waals surface area (Å²) in [4.78, 5) is 4.18. The van der Waals surface area contributed by atoms with E-state index >= 15 is 0 Å². The largest absolute Gasteiger partial charge is 0.329 e. The smallest absolute Gasteiger partial charge is 0.123 e. The average Bonchev–Trinajstić information content (AvgIpc) is 2.69. The zero-order chi connectivity index (χ0) is 10.7. The summed E-state index contributed by atoms with van der Waals surface area (Å²) >= 11 is 9.31. The number of hydrogen-bond acceptors (Lipinski definition) is 1. The second kappa shape index (κ2) is 4.81.